The Bertz CT molecular complexity index is 4460. The van der Waals surface area contributed by atoms with E-state index >= 15 is 0 Å². The maximum Gasteiger partial charge on any atom is 0.308 e. The third-order valence-corrected chi connectivity index (χ3v) is 26.0. The summed E-state index contributed by atoms with van der Waals surface area (Å²) in [5, 5.41) is 68.7. The Morgan fingerprint density at radius 2 is 0.963 bits per heavy atom. The zero-order valence-electron chi connectivity index (χ0n) is 62.6. The van der Waals surface area contributed by atoms with E-state index < -0.39 is 21.5 Å². The van der Waals surface area contributed by atoms with E-state index in [9.17, 15) is 44.9 Å². The predicted octanol–water partition coefficient (Wildman–Crippen LogP) is 12.4. The molecular formula is C80H101Cl3N18O6S. The fourth-order valence-electron chi connectivity index (χ4n) is 17.1. The number of nitrogens with zero attached hydrogens (tertiary/aromatic N) is 15. The van der Waals surface area contributed by atoms with Crippen molar-refractivity contribution in [1.82, 2.24) is 44.6 Å². The van der Waals surface area contributed by atoms with Crippen molar-refractivity contribution in [2.75, 3.05) is 129 Å². The van der Waals surface area contributed by atoms with Gasteiger partial charge in [-0.05, 0) is 221 Å². The van der Waals surface area contributed by atoms with Gasteiger partial charge in [-0.25, -0.2) is 29.9 Å². The molecule has 2 saturated carbocycles. The lowest BCUT2D eigenvalue weighted by molar-refractivity contribution is -0.147. The summed E-state index contributed by atoms with van der Waals surface area (Å²) < 4.78 is 12.2. The highest BCUT2D eigenvalue weighted by Gasteiger charge is 2.45. The van der Waals surface area contributed by atoms with Crippen LogP contribution in [0, 0.1) is 95.2 Å². The lowest BCUT2D eigenvalue weighted by atomic mass is 9.76. The molecule has 6 aliphatic heterocycles. The lowest BCUT2D eigenvalue weighted by Crippen LogP contribution is -2.56. The number of carboxylic acids is 2. The maximum absolute atomic E-state index is 12.2. The zero-order chi connectivity index (χ0) is 76.7. The van der Waals surface area contributed by atoms with E-state index in [1.54, 1.807) is 37.0 Å². The highest BCUT2D eigenvalue weighted by atomic mass is 35.5. The van der Waals surface area contributed by atoms with Gasteiger partial charge in [0, 0.05) is 104 Å². The highest BCUT2D eigenvalue weighted by Crippen LogP contribution is 2.42. The topological polar surface area (TPSA) is 316 Å². The number of carbonyl (C=O) groups is 2. The number of nitrogens with one attached hydrogen (secondary N) is 3. The second-order valence-electron chi connectivity index (χ2n) is 31.3. The van der Waals surface area contributed by atoms with E-state index in [-0.39, 0.29) is 59.7 Å². The van der Waals surface area contributed by atoms with Crippen molar-refractivity contribution in [3.63, 3.8) is 0 Å². The Balaban J connectivity index is 0.000000151. The summed E-state index contributed by atoms with van der Waals surface area (Å²) in [5.41, 5.74) is 5.67. The van der Waals surface area contributed by atoms with E-state index in [0.717, 1.165) is 169 Å². The average molecular weight is 1550 g/mol. The first-order chi connectivity index (χ1) is 51.8. The molecule has 24 nitrogen and oxygen atoms in total. The smallest absolute Gasteiger partial charge is 0.308 e. The normalized spacial score (nSPS) is 24.1. The second kappa shape index (κ2) is 35.2. The number of halogens is 3. The Kier molecular flexibility index (Phi) is 25.9. The fourth-order valence-corrected chi connectivity index (χ4v) is 19.1. The maximum atomic E-state index is 12.2. The molecule has 9 heterocycles. The first kappa shape index (κ1) is 79.4. The number of aliphatic carboxylic acids is 2. The predicted molar refractivity (Wildman–Crippen MR) is 425 cm³/mol. The number of likely N-dealkylation sites (tertiary alicyclic amines) is 3. The minimum absolute atomic E-state index is 0.126. The van der Waals surface area contributed by atoms with E-state index in [1.807, 2.05) is 77.1 Å². The Hall–Kier alpha value is -8.16. The van der Waals surface area contributed by atoms with Crippen LogP contribution in [-0.2, 0) is 19.1 Å². The van der Waals surface area contributed by atoms with E-state index in [0.29, 0.717) is 79.0 Å². The first-order valence-corrected chi connectivity index (χ1v) is 41.4. The van der Waals surface area contributed by atoms with Gasteiger partial charge in [-0.3, -0.25) is 18.7 Å². The number of hydrogen-bond acceptors (Lipinski definition) is 22. The minimum Gasteiger partial charge on any atom is -0.481 e. The Labute approximate surface area is 650 Å². The molecule has 574 valence electrons. The number of aliphatic hydroxyl groups excluding tert-OH is 1. The molecule has 14 rings (SSSR count). The summed E-state index contributed by atoms with van der Waals surface area (Å²) in [5.74, 6) is 9.34. The van der Waals surface area contributed by atoms with Crippen LogP contribution in [0.4, 0.5) is 34.9 Å². The minimum atomic E-state index is -2.36. The van der Waals surface area contributed by atoms with Crippen LogP contribution in [0.3, 0.4) is 0 Å². The molecule has 8 aliphatic rings. The number of anilines is 6. The monoisotopic (exact) mass is 1550 g/mol. The number of aryl methyl sites for hydroxylation is 2. The molecule has 3 aromatic heterocycles. The van der Waals surface area contributed by atoms with E-state index in [1.165, 1.54) is 32.1 Å². The fraction of sp³-hybridized carbons (Fsp3) is 0.550. The van der Waals surface area contributed by atoms with Crippen molar-refractivity contribution >= 4 is 97.0 Å². The molecule has 6 N–H and O–H groups in total. The van der Waals surface area contributed by atoms with Crippen molar-refractivity contribution in [3.05, 3.63) is 133 Å². The molecule has 0 spiro atoms. The number of aliphatic hydroxyl groups is 1. The van der Waals surface area contributed by atoms with Crippen LogP contribution >= 0.6 is 34.8 Å². The number of hydrogen-bond donors (Lipinski definition) is 6. The van der Waals surface area contributed by atoms with Crippen molar-refractivity contribution in [3.8, 4) is 18.2 Å². The van der Waals surface area contributed by atoms with Crippen LogP contribution in [0.25, 0.3) is 0 Å². The number of nitriles is 3. The van der Waals surface area contributed by atoms with Crippen LogP contribution in [0.1, 0.15) is 154 Å². The Morgan fingerprint density at radius 1 is 0.556 bits per heavy atom. The van der Waals surface area contributed by atoms with Gasteiger partial charge in [-0.15, -0.1) is 0 Å². The number of β-amino-alcohol motifs (C(OH)–C–C–N with tert-alkyl or cyclic N) is 1. The number of piperidine rings is 3. The van der Waals surface area contributed by atoms with Crippen molar-refractivity contribution in [1.29, 1.82) is 15.8 Å². The van der Waals surface area contributed by atoms with Gasteiger partial charge in [0.25, 0.3) is 0 Å². The van der Waals surface area contributed by atoms with Crippen molar-refractivity contribution in [2.24, 2.45) is 47.3 Å². The second-order valence-corrected chi connectivity index (χ2v) is 35.0. The van der Waals surface area contributed by atoms with Gasteiger partial charge in [0.05, 0.1) is 55.2 Å². The largest absolute Gasteiger partial charge is 0.481 e. The number of benzene rings is 3. The first-order valence-electron chi connectivity index (χ1n) is 38.1. The Morgan fingerprint density at radius 3 is 1.36 bits per heavy atom. The lowest BCUT2D eigenvalue weighted by Gasteiger charge is -2.50. The van der Waals surface area contributed by atoms with Crippen molar-refractivity contribution < 1.29 is 29.1 Å². The molecule has 9 unspecified atom stereocenters. The van der Waals surface area contributed by atoms with Gasteiger partial charge >= 0.3 is 11.9 Å². The third kappa shape index (κ3) is 18.8. The molecule has 9 atom stereocenters. The summed E-state index contributed by atoms with van der Waals surface area (Å²) in [6, 6.07) is 23.7. The van der Waals surface area contributed by atoms with E-state index in [4.69, 9.17) is 49.8 Å². The number of aromatic nitrogens is 6. The molecule has 6 aromatic rings. The molecule has 0 bridgehead atoms. The molecular weight excluding hydrogens is 1450 g/mol. The molecule has 2 aliphatic carbocycles. The molecule has 0 radical (unpaired) electrons. The molecule has 3 aromatic carbocycles. The number of carboxylic acid groups (broad SMARTS) is 2. The SMILES string of the molecule is C=S(C)(=O)c1ccc(C(C)Nc2nc(N3CC(C4CCCN(CCO)C4)C3)cnc2C#N)c(Cl)c1.Cc1ccc(C(C)Nc2nc(N3CC(C4CCCN(C5CC(C(=O)O)C5)C4)C3)cnc2C#N)c(Cl)c1.Cc1ccc(C(C)Nc2nc(N3CC(C4CCCN(C5CCCC5C(=O)O)C4)C3)cnc2C#N)c(Cl)c1. The van der Waals surface area contributed by atoms with Gasteiger partial charge in [-0.1, -0.05) is 71.6 Å². The third-order valence-electron chi connectivity index (χ3n) is 23.7. The molecule has 6 saturated heterocycles. The van der Waals surface area contributed by atoms with Gasteiger partial charge in [0.15, 0.2) is 34.5 Å². The number of rotatable bonds is 22. The molecule has 0 amide bonds. The molecule has 28 heteroatoms. The standard InChI is InChI=1S/C28H35ClN6O2.C27H33ClN6O2.C25H33ClN6O2S/c1-17-8-9-21(23(29)11-17)18(2)32-27-24(12-30)31-13-26(33-27)35-15-20(16-35)19-5-4-10-34(14-19)25-7-3-6-22(25)28(36)37;1-16-5-6-22(23(28)8-16)17(2)31-26-24(11-29)30-12-25(32-26)34-14-20(15-34)18-4-3-7-33(13-18)21-9-19(10-21)27(35)36;1-17(21-7-6-20(11-22(21)26)35(2,3)34)29-25-23(12-27)28-13-24(30-25)32-15-19(16-32)18-5-4-8-31(14-18)9-10-33/h8-9,11,13,18-20,22,25H,3-7,10,14-16H2,1-2H3,(H,32,33)(H,36,37);5-6,8,12,17-21H,3-4,7,9-10,13-15H2,1-2H3,(H,31,32)(H,35,36);6-7,11,13,17-19,33H,2,4-5,8-10,14-16H2,1,3H3,(H,29,30). The van der Waals surface area contributed by atoms with Gasteiger partial charge in [0.2, 0.25) is 0 Å². The highest BCUT2D eigenvalue weighted by molar-refractivity contribution is 7.99. The summed E-state index contributed by atoms with van der Waals surface area (Å²) in [6.07, 6.45) is 18.2. The summed E-state index contributed by atoms with van der Waals surface area (Å²) in [6.45, 7) is 22.7. The quantitative estimate of drug-likeness (QED) is 0.0344. The van der Waals surface area contributed by atoms with Crippen LogP contribution < -0.4 is 30.7 Å². The zero-order valence-corrected chi connectivity index (χ0v) is 65.7. The summed E-state index contributed by atoms with van der Waals surface area (Å²) in [7, 11) is -2.36. The average Bonchev–Trinajstić information content (AvgIpc) is 0.828. The molecule has 8 fully saturated rings. The van der Waals surface area contributed by atoms with Crippen molar-refractivity contribution in [2.45, 2.75) is 140 Å². The summed E-state index contributed by atoms with van der Waals surface area (Å²) >= 11 is 19.4. The van der Waals surface area contributed by atoms with Crippen LogP contribution in [0.15, 0.2) is 78.1 Å². The summed E-state index contributed by atoms with van der Waals surface area (Å²) in [4.78, 5) is 64.9. The molecule has 108 heavy (non-hydrogen) atoms. The van der Waals surface area contributed by atoms with Gasteiger partial charge in [0.1, 0.15) is 35.7 Å². The van der Waals surface area contributed by atoms with Crippen LogP contribution in [0.2, 0.25) is 15.1 Å². The van der Waals surface area contributed by atoms with Crippen LogP contribution in [-0.4, -0.2) is 192 Å². The van der Waals surface area contributed by atoms with Gasteiger partial charge in [-0.2, -0.15) is 15.8 Å². The van der Waals surface area contributed by atoms with Crippen LogP contribution in [0.5, 0.6) is 0 Å². The van der Waals surface area contributed by atoms with Gasteiger partial charge < -0.3 is 55.8 Å². The van der Waals surface area contributed by atoms with E-state index in [2.05, 4.69) is 84.4 Å².